The molecule has 0 fully saturated rings. The van der Waals surface area contributed by atoms with Gasteiger partial charge in [0.1, 0.15) is 0 Å². The summed E-state index contributed by atoms with van der Waals surface area (Å²) >= 11 is 0. The fourth-order valence-electron chi connectivity index (χ4n) is 2.25. The summed E-state index contributed by atoms with van der Waals surface area (Å²) in [6.07, 6.45) is 5.44. The van der Waals surface area contributed by atoms with Crippen LogP contribution in [0, 0.1) is 0 Å². The number of rotatable bonds is 4. The topological polar surface area (TPSA) is 86.1 Å². The highest BCUT2D eigenvalue weighted by atomic mass is 15.4. The van der Waals surface area contributed by atoms with Gasteiger partial charge in [-0.05, 0) is 19.1 Å². The lowest BCUT2D eigenvalue weighted by Gasteiger charge is -2.15. The number of pyridine rings is 1. The number of fused-ring (bicyclic) bond motifs is 1. The number of nitrogens with one attached hydrogen (secondary N) is 1. The molecule has 1 atom stereocenters. The largest absolute Gasteiger partial charge is 0.271 e. The van der Waals surface area contributed by atoms with Crippen molar-refractivity contribution in [3.8, 4) is 0 Å². The lowest BCUT2D eigenvalue weighted by molar-refractivity contribution is 0.537. The zero-order valence-electron chi connectivity index (χ0n) is 10.6. The van der Waals surface area contributed by atoms with Gasteiger partial charge < -0.3 is 0 Å². The summed E-state index contributed by atoms with van der Waals surface area (Å²) < 4.78 is 3.64. The van der Waals surface area contributed by atoms with Gasteiger partial charge >= 0.3 is 0 Å². The van der Waals surface area contributed by atoms with E-state index >= 15 is 0 Å². The first-order valence-corrected chi connectivity index (χ1v) is 6.12. The highest BCUT2D eigenvalue weighted by Crippen LogP contribution is 2.24. The lowest BCUT2D eigenvalue weighted by atomic mass is 10.1. The molecule has 1 unspecified atom stereocenters. The van der Waals surface area contributed by atoms with Crippen molar-refractivity contribution in [2.24, 2.45) is 5.84 Å². The summed E-state index contributed by atoms with van der Waals surface area (Å²) in [5.74, 6) is 5.71. The van der Waals surface area contributed by atoms with Crippen molar-refractivity contribution in [1.82, 2.24) is 30.0 Å². The SMILES string of the molecule is CCn1nncc1C(NN)c1cnn2ccccc12. The van der Waals surface area contributed by atoms with Crippen LogP contribution in [0.5, 0.6) is 0 Å². The van der Waals surface area contributed by atoms with Crippen LogP contribution in [0.4, 0.5) is 0 Å². The quantitative estimate of drug-likeness (QED) is 0.525. The van der Waals surface area contributed by atoms with Crippen LogP contribution in [0.2, 0.25) is 0 Å². The van der Waals surface area contributed by atoms with Gasteiger partial charge in [-0.3, -0.25) is 5.84 Å². The Morgan fingerprint density at radius 2 is 2.26 bits per heavy atom. The van der Waals surface area contributed by atoms with Crippen molar-refractivity contribution in [3.05, 3.63) is 48.0 Å². The van der Waals surface area contributed by atoms with Crippen LogP contribution < -0.4 is 11.3 Å². The molecule has 3 aromatic rings. The molecule has 0 aliphatic carbocycles. The van der Waals surface area contributed by atoms with Gasteiger partial charge in [-0.15, -0.1) is 5.10 Å². The minimum Gasteiger partial charge on any atom is -0.271 e. The molecule has 0 radical (unpaired) electrons. The number of nitrogens with two attached hydrogens (primary N) is 1. The third-order valence-electron chi connectivity index (χ3n) is 3.18. The van der Waals surface area contributed by atoms with Crippen LogP contribution in [0.15, 0.2) is 36.8 Å². The maximum Gasteiger partial charge on any atom is 0.0931 e. The van der Waals surface area contributed by atoms with Crippen LogP contribution in [0.25, 0.3) is 5.52 Å². The Balaban J connectivity index is 2.12. The monoisotopic (exact) mass is 257 g/mol. The molecule has 19 heavy (non-hydrogen) atoms. The summed E-state index contributed by atoms with van der Waals surface area (Å²) in [7, 11) is 0. The summed E-state index contributed by atoms with van der Waals surface area (Å²) in [5.41, 5.74) is 5.75. The molecule has 0 saturated heterocycles. The summed E-state index contributed by atoms with van der Waals surface area (Å²) in [6, 6.07) is 5.73. The average molecular weight is 257 g/mol. The van der Waals surface area contributed by atoms with Gasteiger partial charge in [0.25, 0.3) is 0 Å². The number of aromatic nitrogens is 5. The van der Waals surface area contributed by atoms with Crippen LogP contribution in [0.1, 0.15) is 24.2 Å². The summed E-state index contributed by atoms with van der Waals surface area (Å²) in [6.45, 7) is 2.76. The Hall–Kier alpha value is -2.25. The number of hydrazine groups is 1. The van der Waals surface area contributed by atoms with Gasteiger partial charge in [-0.1, -0.05) is 11.3 Å². The zero-order chi connectivity index (χ0) is 13.2. The molecular formula is C12H15N7. The second-order valence-electron chi connectivity index (χ2n) is 4.20. The second kappa shape index (κ2) is 4.79. The fraction of sp³-hybridized carbons (Fsp3) is 0.250. The maximum atomic E-state index is 5.71. The molecule has 7 heteroatoms. The molecule has 0 aromatic carbocycles. The summed E-state index contributed by atoms with van der Waals surface area (Å²) in [4.78, 5) is 0. The molecule has 0 aliphatic heterocycles. The fourth-order valence-corrected chi connectivity index (χ4v) is 2.25. The van der Waals surface area contributed by atoms with E-state index in [1.165, 1.54) is 0 Å². The van der Waals surface area contributed by atoms with Gasteiger partial charge in [-0.2, -0.15) is 5.10 Å². The van der Waals surface area contributed by atoms with Crippen molar-refractivity contribution in [2.45, 2.75) is 19.5 Å². The Labute approximate surface area is 110 Å². The van der Waals surface area contributed by atoms with E-state index in [1.54, 1.807) is 6.20 Å². The number of nitrogens with zero attached hydrogens (tertiary/aromatic N) is 5. The van der Waals surface area contributed by atoms with Gasteiger partial charge in [-0.25, -0.2) is 14.6 Å². The Morgan fingerprint density at radius 1 is 1.37 bits per heavy atom. The normalized spacial score (nSPS) is 12.9. The van der Waals surface area contributed by atoms with E-state index in [2.05, 4.69) is 20.8 Å². The van der Waals surface area contributed by atoms with E-state index in [4.69, 9.17) is 5.84 Å². The van der Waals surface area contributed by atoms with Crippen LogP contribution in [-0.2, 0) is 6.54 Å². The first-order chi connectivity index (χ1) is 9.35. The first-order valence-electron chi connectivity index (χ1n) is 6.12. The smallest absolute Gasteiger partial charge is 0.0931 e. The van der Waals surface area contributed by atoms with Crippen molar-refractivity contribution < 1.29 is 0 Å². The predicted molar refractivity (Wildman–Crippen MR) is 70.1 cm³/mol. The first kappa shape index (κ1) is 11.8. The lowest BCUT2D eigenvalue weighted by Crippen LogP contribution is -2.30. The number of hydrogen-bond acceptors (Lipinski definition) is 5. The standard InChI is InChI=1S/C12H15N7/c1-2-18-11(8-14-17-18)12(16-13)9-7-15-19-6-4-3-5-10(9)19/h3-8,12,16H,2,13H2,1H3. The number of hydrogen-bond donors (Lipinski definition) is 2. The Bertz CT molecular complexity index is 684. The van der Waals surface area contributed by atoms with Crippen LogP contribution in [0.3, 0.4) is 0 Å². The number of aryl methyl sites for hydroxylation is 1. The molecule has 98 valence electrons. The molecule has 0 bridgehead atoms. The predicted octanol–water partition coefficient (Wildman–Crippen LogP) is 0.498. The van der Waals surface area contributed by atoms with E-state index in [0.717, 1.165) is 23.3 Å². The third kappa shape index (κ3) is 1.88. The molecule has 7 nitrogen and oxygen atoms in total. The molecule has 3 N–H and O–H groups in total. The third-order valence-corrected chi connectivity index (χ3v) is 3.18. The van der Waals surface area contributed by atoms with E-state index in [9.17, 15) is 0 Å². The van der Waals surface area contributed by atoms with Crippen molar-refractivity contribution in [2.75, 3.05) is 0 Å². The molecule has 0 spiro atoms. The minimum atomic E-state index is -0.185. The van der Waals surface area contributed by atoms with Crippen molar-refractivity contribution in [1.29, 1.82) is 0 Å². The molecule has 0 aliphatic rings. The van der Waals surface area contributed by atoms with Crippen molar-refractivity contribution >= 4 is 5.52 Å². The Kier molecular flexibility index (Phi) is 2.98. The minimum absolute atomic E-state index is 0.185. The van der Waals surface area contributed by atoms with E-state index in [-0.39, 0.29) is 6.04 Å². The molecular weight excluding hydrogens is 242 g/mol. The highest BCUT2D eigenvalue weighted by molar-refractivity contribution is 5.56. The van der Waals surface area contributed by atoms with Crippen LogP contribution >= 0.6 is 0 Å². The van der Waals surface area contributed by atoms with E-state index in [1.807, 2.05) is 46.7 Å². The van der Waals surface area contributed by atoms with Gasteiger partial charge in [0.2, 0.25) is 0 Å². The highest BCUT2D eigenvalue weighted by Gasteiger charge is 2.20. The maximum absolute atomic E-state index is 5.71. The van der Waals surface area contributed by atoms with Crippen molar-refractivity contribution in [3.63, 3.8) is 0 Å². The zero-order valence-corrected chi connectivity index (χ0v) is 10.6. The second-order valence-corrected chi connectivity index (χ2v) is 4.20. The van der Waals surface area contributed by atoms with Gasteiger partial charge in [0.05, 0.1) is 29.6 Å². The summed E-state index contributed by atoms with van der Waals surface area (Å²) in [5, 5.41) is 12.3. The average Bonchev–Trinajstić information content (AvgIpc) is 3.07. The van der Waals surface area contributed by atoms with E-state index in [0.29, 0.717) is 0 Å². The molecule has 3 aromatic heterocycles. The molecule has 0 amide bonds. The molecule has 3 heterocycles. The molecule has 0 saturated carbocycles. The molecule has 3 rings (SSSR count). The van der Waals surface area contributed by atoms with Crippen LogP contribution in [-0.4, -0.2) is 24.6 Å². The van der Waals surface area contributed by atoms with Gasteiger partial charge in [0, 0.05) is 18.3 Å². The van der Waals surface area contributed by atoms with E-state index < -0.39 is 0 Å². The van der Waals surface area contributed by atoms with Gasteiger partial charge in [0.15, 0.2) is 0 Å². The Morgan fingerprint density at radius 3 is 3.05 bits per heavy atom.